The van der Waals surface area contributed by atoms with E-state index in [1.165, 1.54) is 0 Å². The number of aromatic nitrogens is 1. The predicted octanol–water partition coefficient (Wildman–Crippen LogP) is 4.02. The maximum atomic E-state index is 13.2. The average molecular weight is 476 g/mol. The van der Waals surface area contributed by atoms with Crippen molar-refractivity contribution in [3.63, 3.8) is 0 Å². The van der Waals surface area contributed by atoms with Crippen molar-refractivity contribution in [3.8, 4) is 16.9 Å². The third kappa shape index (κ3) is 4.81. The minimum absolute atomic E-state index is 0.00370. The van der Waals surface area contributed by atoms with Gasteiger partial charge in [-0.15, -0.1) is 0 Å². The quantitative estimate of drug-likeness (QED) is 0.562. The van der Waals surface area contributed by atoms with Gasteiger partial charge in [-0.05, 0) is 67.3 Å². The van der Waals surface area contributed by atoms with Gasteiger partial charge in [0.25, 0.3) is 11.5 Å². The number of carbonyl (C=O) groups is 2. The molecule has 2 atom stereocenters. The molecule has 1 aliphatic heterocycles. The van der Waals surface area contributed by atoms with Crippen LogP contribution in [0.4, 0.5) is 0 Å². The molecule has 0 radical (unpaired) electrons. The summed E-state index contributed by atoms with van der Waals surface area (Å²) in [5.74, 6) is -0.0361. The molecule has 0 saturated carbocycles. The molecule has 0 spiro atoms. The molecular formula is C28H33N3O4. The fourth-order valence-corrected chi connectivity index (χ4v) is 4.89. The van der Waals surface area contributed by atoms with Crippen LogP contribution in [0.5, 0.6) is 5.75 Å². The van der Waals surface area contributed by atoms with Gasteiger partial charge in [0.15, 0.2) is 6.10 Å². The molecule has 2 heterocycles. The van der Waals surface area contributed by atoms with Gasteiger partial charge in [-0.2, -0.15) is 0 Å². The Morgan fingerprint density at radius 1 is 1.14 bits per heavy atom. The molecule has 2 aromatic carbocycles. The van der Waals surface area contributed by atoms with Crippen LogP contribution >= 0.6 is 0 Å². The number of likely N-dealkylation sites (tertiary alicyclic amines) is 1. The summed E-state index contributed by atoms with van der Waals surface area (Å²) in [4.78, 5) is 42.3. The third-order valence-corrected chi connectivity index (χ3v) is 7.36. The van der Waals surface area contributed by atoms with Gasteiger partial charge in [-0.1, -0.05) is 38.1 Å². The number of pyridine rings is 1. The summed E-state index contributed by atoms with van der Waals surface area (Å²) >= 11 is 0. The van der Waals surface area contributed by atoms with E-state index in [1.807, 2.05) is 51.1 Å². The summed E-state index contributed by atoms with van der Waals surface area (Å²) in [7, 11) is 0. The monoisotopic (exact) mass is 475 g/mol. The molecule has 3 aromatic rings. The van der Waals surface area contributed by atoms with Crippen LogP contribution in [0.1, 0.15) is 39.2 Å². The number of amides is 2. The van der Waals surface area contributed by atoms with E-state index < -0.39 is 11.5 Å². The highest BCUT2D eigenvalue weighted by Crippen LogP contribution is 2.34. The number of nitrogens with two attached hydrogens (primary N) is 1. The van der Waals surface area contributed by atoms with E-state index in [4.69, 9.17) is 10.5 Å². The lowest BCUT2D eigenvalue weighted by Gasteiger charge is -2.40. The second kappa shape index (κ2) is 9.56. The maximum absolute atomic E-state index is 13.2. The van der Waals surface area contributed by atoms with E-state index in [-0.39, 0.29) is 23.3 Å². The molecule has 0 bridgehead atoms. The number of ether oxygens (including phenoxy) is 1. The van der Waals surface area contributed by atoms with Gasteiger partial charge in [0, 0.05) is 30.3 Å². The summed E-state index contributed by atoms with van der Waals surface area (Å²) in [5.41, 5.74) is 7.80. The van der Waals surface area contributed by atoms with E-state index in [9.17, 15) is 14.4 Å². The molecular weight excluding hydrogens is 442 g/mol. The zero-order valence-electron chi connectivity index (χ0n) is 20.8. The van der Waals surface area contributed by atoms with Crippen LogP contribution in [-0.2, 0) is 9.59 Å². The average Bonchev–Trinajstić information content (AvgIpc) is 2.84. The fourth-order valence-electron chi connectivity index (χ4n) is 4.89. The number of carbonyl (C=O) groups excluding carboxylic acids is 2. The number of aromatic amines is 1. The van der Waals surface area contributed by atoms with Gasteiger partial charge >= 0.3 is 0 Å². The number of nitrogens with zero attached hydrogens (tertiary/aromatic N) is 1. The Labute approximate surface area is 205 Å². The van der Waals surface area contributed by atoms with E-state index in [0.717, 1.165) is 34.9 Å². The first-order chi connectivity index (χ1) is 16.6. The molecule has 0 aliphatic carbocycles. The van der Waals surface area contributed by atoms with Crippen LogP contribution in [0.3, 0.4) is 0 Å². The Kier molecular flexibility index (Phi) is 6.70. The van der Waals surface area contributed by atoms with Crippen LogP contribution in [0.2, 0.25) is 0 Å². The van der Waals surface area contributed by atoms with Crippen molar-refractivity contribution >= 4 is 22.6 Å². The minimum Gasteiger partial charge on any atom is -0.481 e. The highest BCUT2D eigenvalue weighted by molar-refractivity contribution is 5.97. The number of rotatable bonds is 6. The molecule has 1 saturated heterocycles. The summed E-state index contributed by atoms with van der Waals surface area (Å²) in [6.45, 7) is 8.52. The van der Waals surface area contributed by atoms with Crippen molar-refractivity contribution in [3.05, 3.63) is 64.6 Å². The smallest absolute Gasteiger partial charge is 0.263 e. The van der Waals surface area contributed by atoms with Crippen LogP contribution in [0.15, 0.2) is 53.5 Å². The number of H-pyrrole nitrogens is 1. The van der Waals surface area contributed by atoms with Crippen molar-refractivity contribution in [1.82, 2.24) is 9.88 Å². The SMILES string of the molecule is Cc1ccccc1-c1c[nH]c(=O)c2cc(O[C@H](C)C(=O)N3CCC[C@H](C(C)(C)C(N)=O)C3)ccc12. The van der Waals surface area contributed by atoms with Crippen LogP contribution in [-0.4, -0.2) is 40.9 Å². The van der Waals surface area contributed by atoms with Crippen LogP contribution in [0, 0.1) is 18.3 Å². The molecule has 2 amide bonds. The molecule has 7 heteroatoms. The Morgan fingerprint density at radius 2 is 1.89 bits per heavy atom. The fraction of sp³-hybridized carbons (Fsp3) is 0.393. The summed E-state index contributed by atoms with van der Waals surface area (Å²) in [6, 6.07) is 13.4. The molecule has 0 unspecified atom stereocenters. The second-order valence-electron chi connectivity index (χ2n) is 10.0. The highest BCUT2D eigenvalue weighted by atomic mass is 16.5. The lowest BCUT2D eigenvalue weighted by atomic mass is 9.74. The van der Waals surface area contributed by atoms with Gasteiger partial charge < -0.3 is 20.4 Å². The normalized spacial score (nSPS) is 17.3. The van der Waals surface area contributed by atoms with Gasteiger partial charge in [-0.3, -0.25) is 14.4 Å². The molecule has 3 N–H and O–H groups in total. The molecule has 184 valence electrons. The zero-order valence-corrected chi connectivity index (χ0v) is 20.8. The molecule has 7 nitrogen and oxygen atoms in total. The summed E-state index contributed by atoms with van der Waals surface area (Å²) in [6.07, 6.45) is 2.67. The molecule has 1 aliphatic rings. The standard InChI is InChI=1S/C28H33N3O4/c1-17-8-5-6-10-21(17)24-15-30-25(32)23-14-20(11-12-22(23)24)35-18(2)26(33)31-13-7-9-19(16-31)28(3,4)27(29)34/h5-6,8,10-12,14-15,18-19H,7,9,13,16H2,1-4H3,(H2,29,34)(H,30,32)/t18-,19+/m1/s1. The summed E-state index contributed by atoms with van der Waals surface area (Å²) in [5, 5.41) is 1.33. The summed E-state index contributed by atoms with van der Waals surface area (Å²) < 4.78 is 5.99. The first-order valence-corrected chi connectivity index (χ1v) is 12.1. The minimum atomic E-state index is -0.735. The molecule has 1 fully saturated rings. The van der Waals surface area contributed by atoms with Crippen LogP contribution < -0.4 is 16.0 Å². The zero-order chi connectivity index (χ0) is 25.3. The van der Waals surface area contributed by atoms with E-state index >= 15 is 0 Å². The van der Waals surface area contributed by atoms with E-state index in [2.05, 4.69) is 4.98 Å². The second-order valence-corrected chi connectivity index (χ2v) is 10.0. The maximum Gasteiger partial charge on any atom is 0.263 e. The van der Waals surface area contributed by atoms with Crippen LogP contribution in [0.25, 0.3) is 21.9 Å². The van der Waals surface area contributed by atoms with Gasteiger partial charge in [0.05, 0.1) is 5.39 Å². The Hall–Kier alpha value is -3.61. The Balaban J connectivity index is 1.55. The number of primary amides is 1. The molecule has 35 heavy (non-hydrogen) atoms. The number of nitrogens with one attached hydrogen (secondary N) is 1. The molecule has 4 rings (SSSR count). The largest absolute Gasteiger partial charge is 0.481 e. The van der Waals surface area contributed by atoms with E-state index in [0.29, 0.717) is 24.2 Å². The lowest BCUT2D eigenvalue weighted by molar-refractivity contribution is -0.143. The Bertz CT molecular complexity index is 1330. The topological polar surface area (TPSA) is 105 Å². The van der Waals surface area contributed by atoms with E-state index in [1.54, 1.807) is 30.2 Å². The van der Waals surface area contributed by atoms with Crippen molar-refractivity contribution in [2.45, 2.75) is 46.6 Å². The number of aryl methyl sites for hydroxylation is 1. The number of piperidine rings is 1. The number of hydrogen-bond donors (Lipinski definition) is 2. The van der Waals surface area contributed by atoms with Crippen molar-refractivity contribution in [2.75, 3.05) is 13.1 Å². The van der Waals surface area contributed by atoms with Crippen molar-refractivity contribution in [1.29, 1.82) is 0 Å². The first-order valence-electron chi connectivity index (χ1n) is 12.1. The lowest BCUT2D eigenvalue weighted by Crippen LogP contribution is -2.51. The molecule has 1 aromatic heterocycles. The number of benzene rings is 2. The highest BCUT2D eigenvalue weighted by Gasteiger charge is 2.39. The predicted molar refractivity (Wildman–Crippen MR) is 137 cm³/mol. The van der Waals surface area contributed by atoms with Gasteiger partial charge in [0.2, 0.25) is 5.91 Å². The Morgan fingerprint density at radius 3 is 2.60 bits per heavy atom. The first kappa shape index (κ1) is 24.5. The van der Waals surface area contributed by atoms with Crippen molar-refractivity contribution in [2.24, 2.45) is 17.1 Å². The third-order valence-electron chi connectivity index (χ3n) is 7.36. The van der Waals surface area contributed by atoms with Gasteiger partial charge in [-0.25, -0.2) is 0 Å². The van der Waals surface area contributed by atoms with Crippen molar-refractivity contribution < 1.29 is 14.3 Å². The number of fused-ring (bicyclic) bond motifs is 1. The number of hydrogen-bond acceptors (Lipinski definition) is 4. The van der Waals surface area contributed by atoms with Gasteiger partial charge in [0.1, 0.15) is 5.75 Å².